The van der Waals surface area contributed by atoms with Crippen LogP contribution in [-0.4, -0.2) is 26.3 Å². The first-order chi connectivity index (χ1) is 10.2. The molecule has 3 rings (SSSR count). The number of nitrogens with one attached hydrogen (secondary N) is 1. The molecule has 1 N–H and O–H groups in total. The fraction of sp³-hybridized carbons (Fsp3) is 0.357. The van der Waals surface area contributed by atoms with Crippen molar-refractivity contribution in [3.63, 3.8) is 0 Å². The molecule has 3 aromatic rings. The van der Waals surface area contributed by atoms with E-state index in [2.05, 4.69) is 22.0 Å². The van der Waals surface area contributed by atoms with Gasteiger partial charge in [-0.05, 0) is 37.7 Å². The number of aryl methyl sites for hydroxylation is 1. The van der Waals surface area contributed by atoms with Gasteiger partial charge in [-0.25, -0.2) is 0 Å². The van der Waals surface area contributed by atoms with E-state index in [4.69, 9.17) is 21.5 Å². The number of imidazole rings is 1. The number of aromatic amines is 1. The number of para-hydroxylation sites is 1. The first-order valence-corrected chi connectivity index (χ1v) is 7.23. The van der Waals surface area contributed by atoms with Gasteiger partial charge >= 0.3 is 0 Å². The number of fused-ring (bicyclic) bond motifs is 1. The van der Waals surface area contributed by atoms with Crippen molar-refractivity contribution in [2.75, 3.05) is 6.61 Å². The predicted molar refractivity (Wildman–Crippen MR) is 81.0 cm³/mol. The maximum Gasteiger partial charge on any atom is 0.246 e. The molecule has 0 unspecified atom stereocenters. The average molecular weight is 304 g/mol. The molecule has 0 radical (unpaired) electrons. The first kappa shape index (κ1) is 13.8. The Morgan fingerprint density at radius 3 is 3.00 bits per heavy atom. The van der Waals surface area contributed by atoms with Gasteiger partial charge in [0.25, 0.3) is 0 Å². The van der Waals surface area contributed by atoms with Crippen LogP contribution in [0.1, 0.15) is 25.1 Å². The van der Waals surface area contributed by atoms with Gasteiger partial charge in [0.1, 0.15) is 17.8 Å². The third kappa shape index (κ3) is 2.69. The molecule has 6 nitrogen and oxygen atoms in total. The number of benzene rings is 1. The number of hydrogen-bond donors (Lipinski definition) is 1. The van der Waals surface area contributed by atoms with E-state index in [0.29, 0.717) is 29.6 Å². The summed E-state index contributed by atoms with van der Waals surface area (Å²) in [5.74, 6) is 1.95. The van der Waals surface area contributed by atoms with Crippen molar-refractivity contribution in [2.45, 2.75) is 26.8 Å². The Kier molecular flexibility index (Phi) is 3.74. The van der Waals surface area contributed by atoms with Gasteiger partial charge in [-0.15, -0.1) is 0 Å². The molecule has 21 heavy (non-hydrogen) atoms. The van der Waals surface area contributed by atoms with Gasteiger partial charge in [-0.1, -0.05) is 18.1 Å². The molecule has 0 bridgehead atoms. The number of hydrogen-bond acceptors (Lipinski definition) is 5. The molecular weight excluding hydrogens is 288 g/mol. The highest BCUT2D eigenvalue weighted by Gasteiger charge is 2.12. The summed E-state index contributed by atoms with van der Waals surface area (Å²) >= 11 is 5.39. The highest BCUT2D eigenvalue weighted by Crippen LogP contribution is 2.25. The van der Waals surface area contributed by atoms with Crippen molar-refractivity contribution in [1.29, 1.82) is 0 Å². The maximum atomic E-state index is 5.75. The standard InChI is InChI=1S/C14H16N4O2S/c1-3-7-19-11-6-4-5-10-13(11)16-14(21)18(10)8-12-15-9(2)17-20-12/h4-6H,3,7-8H2,1-2H3,(H,16,21). The molecule has 0 spiro atoms. The first-order valence-electron chi connectivity index (χ1n) is 6.82. The molecule has 0 aliphatic carbocycles. The summed E-state index contributed by atoms with van der Waals surface area (Å²) < 4.78 is 13.4. The second-order valence-electron chi connectivity index (χ2n) is 4.75. The minimum absolute atomic E-state index is 0.441. The van der Waals surface area contributed by atoms with Gasteiger partial charge in [0.05, 0.1) is 12.1 Å². The minimum atomic E-state index is 0.441. The minimum Gasteiger partial charge on any atom is -0.491 e. The Bertz CT molecular complexity index is 818. The number of H-pyrrole nitrogens is 1. The fourth-order valence-corrected chi connectivity index (χ4v) is 2.45. The predicted octanol–water partition coefficient (Wildman–Crippen LogP) is 3.23. The molecule has 0 saturated carbocycles. The molecule has 0 saturated heterocycles. The van der Waals surface area contributed by atoms with Crippen molar-refractivity contribution in [3.05, 3.63) is 34.7 Å². The van der Waals surface area contributed by atoms with Crippen LogP contribution < -0.4 is 4.74 Å². The van der Waals surface area contributed by atoms with Crippen LogP contribution in [0.3, 0.4) is 0 Å². The Hall–Kier alpha value is -2.15. The molecule has 2 heterocycles. The van der Waals surface area contributed by atoms with Gasteiger partial charge in [0.2, 0.25) is 5.89 Å². The summed E-state index contributed by atoms with van der Waals surface area (Å²) in [6.07, 6.45) is 0.957. The fourth-order valence-electron chi connectivity index (χ4n) is 2.18. The Balaban J connectivity index is 2.03. The zero-order chi connectivity index (χ0) is 14.8. The van der Waals surface area contributed by atoms with Crippen molar-refractivity contribution in [1.82, 2.24) is 19.7 Å². The number of rotatable bonds is 5. The summed E-state index contributed by atoms with van der Waals surface area (Å²) in [6, 6.07) is 5.87. The smallest absolute Gasteiger partial charge is 0.246 e. The second kappa shape index (κ2) is 5.69. The summed E-state index contributed by atoms with van der Waals surface area (Å²) in [5.41, 5.74) is 1.86. The van der Waals surface area contributed by atoms with E-state index in [9.17, 15) is 0 Å². The van der Waals surface area contributed by atoms with Crippen LogP contribution in [0.2, 0.25) is 0 Å². The molecule has 0 fully saturated rings. The Morgan fingerprint density at radius 1 is 1.43 bits per heavy atom. The van der Waals surface area contributed by atoms with E-state index >= 15 is 0 Å². The summed E-state index contributed by atoms with van der Waals surface area (Å²) in [5, 5.41) is 3.80. The molecule has 0 aliphatic heterocycles. The molecule has 110 valence electrons. The molecule has 7 heteroatoms. The van der Waals surface area contributed by atoms with Crippen LogP contribution in [0, 0.1) is 11.7 Å². The molecule has 1 aromatic carbocycles. The molecule has 0 amide bonds. The van der Waals surface area contributed by atoms with Gasteiger partial charge in [0.15, 0.2) is 10.6 Å². The van der Waals surface area contributed by atoms with Crippen LogP contribution in [-0.2, 0) is 6.54 Å². The Morgan fingerprint density at radius 2 is 2.29 bits per heavy atom. The highest BCUT2D eigenvalue weighted by atomic mass is 32.1. The van der Waals surface area contributed by atoms with Crippen LogP contribution in [0.15, 0.2) is 22.7 Å². The van der Waals surface area contributed by atoms with Crippen molar-refractivity contribution < 1.29 is 9.26 Å². The zero-order valence-corrected chi connectivity index (χ0v) is 12.7. The normalized spacial score (nSPS) is 11.1. The van der Waals surface area contributed by atoms with Gasteiger partial charge < -0.3 is 18.8 Å². The van der Waals surface area contributed by atoms with E-state index < -0.39 is 0 Å². The van der Waals surface area contributed by atoms with Gasteiger partial charge in [0, 0.05) is 0 Å². The number of aromatic nitrogens is 4. The van der Waals surface area contributed by atoms with E-state index in [1.807, 2.05) is 22.8 Å². The molecule has 0 aliphatic rings. The van der Waals surface area contributed by atoms with E-state index in [-0.39, 0.29) is 0 Å². The maximum absolute atomic E-state index is 5.75. The van der Waals surface area contributed by atoms with Crippen molar-refractivity contribution in [3.8, 4) is 5.75 Å². The van der Waals surface area contributed by atoms with Gasteiger partial charge in [-0.3, -0.25) is 0 Å². The summed E-state index contributed by atoms with van der Waals surface area (Å²) in [4.78, 5) is 7.41. The summed E-state index contributed by atoms with van der Waals surface area (Å²) in [6.45, 7) is 4.98. The van der Waals surface area contributed by atoms with Crippen LogP contribution in [0.4, 0.5) is 0 Å². The Labute approximate surface area is 126 Å². The van der Waals surface area contributed by atoms with Crippen LogP contribution >= 0.6 is 12.2 Å². The van der Waals surface area contributed by atoms with Crippen LogP contribution in [0.5, 0.6) is 5.75 Å². The molecular formula is C14H16N4O2S. The van der Waals surface area contributed by atoms with E-state index in [0.717, 1.165) is 23.2 Å². The lowest BCUT2D eigenvalue weighted by atomic mass is 10.3. The third-order valence-corrected chi connectivity index (χ3v) is 3.42. The molecule has 0 atom stereocenters. The second-order valence-corrected chi connectivity index (χ2v) is 5.14. The van der Waals surface area contributed by atoms with Crippen LogP contribution in [0.25, 0.3) is 11.0 Å². The quantitative estimate of drug-likeness (QED) is 0.733. The van der Waals surface area contributed by atoms with Gasteiger partial charge in [-0.2, -0.15) is 4.98 Å². The molecule has 2 aromatic heterocycles. The SMILES string of the molecule is CCCOc1cccc2c1[nH]c(=S)n2Cc1nc(C)no1. The lowest BCUT2D eigenvalue weighted by Crippen LogP contribution is -2.00. The third-order valence-electron chi connectivity index (χ3n) is 3.10. The van der Waals surface area contributed by atoms with Crippen molar-refractivity contribution in [2.24, 2.45) is 0 Å². The monoisotopic (exact) mass is 304 g/mol. The van der Waals surface area contributed by atoms with E-state index in [1.165, 1.54) is 0 Å². The van der Waals surface area contributed by atoms with Crippen molar-refractivity contribution >= 4 is 23.3 Å². The topological polar surface area (TPSA) is 68.9 Å². The number of ether oxygens (including phenoxy) is 1. The van der Waals surface area contributed by atoms with E-state index in [1.54, 1.807) is 6.92 Å². The largest absolute Gasteiger partial charge is 0.491 e. The number of nitrogens with zero attached hydrogens (tertiary/aromatic N) is 3. The lowest BCUT2D eigenvalue weighted by molar-refractivity contribution is 0.320. The zero-order valence-electron chi connectivity index (χ0n) is 11.9. The summed E-state index contributed by atoms with van der Waals surface area (Å²) in [7, 11) is 0. The lowest BCUT2D eigenvalue weighted by Gasteiger charge is -2.06. The highest BCUT2D eigenvalue weighted by molar-refractivity contribution is 7.71. The average Bonchev–Trinajstić information content (AvgIpc) is 3.02.